The third-order valence-corrected chi connectivity index (χ3v) is 4.73. The van der Waals surface area contributed by atoms with E-state index in [1.807, 2.05) is 17.5 Å². The molecule has 2 aromatic heterocycles. The number of rotatable bonds is 2. The maximum Gasteiger partial charge on any atom is 0.258 e. The first-order chi connectivity index (χ1) is 10.7. The van der Waals surface area contributed by atoms with Crippen LogP contribution in [0.15, 0.2) is 46.7 Å². The Morgan fingerprint density at radius 2 is 2.23 bits per heavy atom. The molecule has 0 bridgehead atoms. The van der Waals surface area contributed by atoms with Crippen LogP contribution in [0.4, 0.5) is 5.69 Å². The van der Waals surface area contributed by atoms with Crippen molar-refractivity contribution in [3.8, 4) is 0 Å². The number of hydrogen-bond donors (Lipinski definition) is 1. The first kappa shape index (κ1) is 13.5. The molecule has 1 unspecified atom stereocenters. The summed E-state index contributed by atoms with van der Waals surface area (Å²) in [5.41, 5.74) is 9.38. The Bertz CT molecular complexity index is 885. The molecule has 1 aromatic carbocycles. The molecule has 2 N–H and O–H groups in total. The van der Waals surface area contributed by atoms with Gasteiger partial charge >= 0.3 is 0 Å². The number of anilines is 1. The summed E-state index contributed by atoms with van der Waals surface area (Å²) in [5, 5.41) is 1.87. The Kier molecular flexibility index (Phi) is 3.20. The zero-order chi connectivity index (χ0) is 15.1. The highest BCUT2D eigenvalue weighted by Gasteiger charge is 2.22. The van der Waals surface area contributed by atoms with Crippen molar-refractivity contribution in [2.75, 3.05) is 11.4 Å². The highest BCUT2D eigenvalue weighted by molar-refractivity contribution is 7.15. The van der Waals surface area contributed by atoms with Crippen molar-refractivity contribution in [3.63, 3.8) is 0 Å². The molecule has 1 aliphatic heterocycles. The molecule has 0 saturated heterocycles. The molecule has 6 heteroatoms. The van der Waals surface area contributed by atoms with E-state index in [0.717, 1.165) is 23.6 Å². The van der Waals surface area contributed by atoms with E-state index in [1.165, 1.54) is 22.6 Å². The second-order valence-electron chi connectivity index (χ2n) is 5.61. The van der Waals surface area contributed by atoms with Crippen molar-refractivity contribution < 1.29 is 0 Å². The summed E-state index contributed by atoms with van der Waals surface area (Å²) < 4.78 is 1.57. The van der Waals surface area contributed by atoms with Gasteiger partial charge in [-0.3, -0.25) is 9.20 Å². The van der Waals surface area contributed by atoms with Gasteiger partial charge in [0.15, 0.2) is 4.96 Å². The first-order valence-electron chi connectivity index (χ1n) is 7.25. The van der Waals surface area contributed by atoms with Crippen molar-refractivity contribution in [2.45, 2.75) is 19.0 Å². The number of nitrogens with two attached hydrogens (primary N) is 1. The van der Waals surface area contributed by atoms with E-state index < -0.39 is 0 Å². The Balaban J connectivity index is 1.71. The molecule has 0 amide bonds. The smallest absolute Gasteiger partial charge is 0.258 e. The SMILES string of the molecule is NC1Cc2ccccc2N(Cc2cc(=O)n3ccsc3n2)C1. The molecule has 0 aliphatic carbocycles. The van der Waals surface area contributed by atoms with Crippen LogP contribution >= 0.6 is 11.3 Å². The molecule has 22 heavy (non-hydrogen) atoms. The predicted octanol–water partition coefficient (Wildman–Crippen LogP) is 1.65. The van der Waals surface area contributed by atoms with E-state index in [1.54, 1.807) is 16.7 Å². The largest absolute Gasteiger partial charge is 0.364 e. The predicted molar refractivity (Wildman–Crippen MR) is 88.5 cm³/mol. The molecular weight excluding hydrogens is 296 g/mol. The fourth-order valence-electron chi connectivity index (χ4n) is 3.03. The third kappa shape index (κ3) is 2.30. The lowest BCUT2D eigenvalue weighted by Gasteiger charge is -2.34. The fraction of sp³-hybridized carbons (Fsp3) is 0.250. The number of aromatic nitrogens is 2. The van der Waals surface area contributed by atoms with Gasteiger partial charge in [-0.1, -0.05) is 18.2 Å². The normalized spacial score (nSPS) is 17.7. The average molecular weight is 312 g/mol. The standard InChI is InChI=1S/C16H16N4OS/c17-12-7-11-3-1-2-4-14(11)19(9-12)10-13-8-15(21)20-5-6-22-16(20)18-13/h1-6,8,12H,7,9-10,17H2. The lowest BCUT2D eigenvalue weighted by molar-refractivity contribution is 0.595. The summed E-state index contributed by atoms with van der Waals surface area (Å²) in [5.74, 6) is 0. The van der Waals surface area contributed by atoms with Crippen molar-refractivity contribution in [1.82, 2.24) is 9.38 Å². The molecule has 0 saturated carbocycles. The van der Waals surface area contributed by atoms with E-state index in [4.69, 9.17) is 5.73 Å². The van der Waals surface area contributed by atoms with E-state index in [-0.39, 0.29) is 11.6 Å². The molecule has 4 rings (SSSR count). The molecule has 3 aromatic rings. The summed E-state index contributed by atoms with van der Waals surface area (Å²) in [6.45, 7) is 1.39. The van der Waals surface area contributed by atoms with Gasteiger partial charge in [0.2, 0.25) is 0 Å². The topological polar surface area (TPSA) is 63.6 Å². The van der Waals surface area contributed by atoms with Crippen LogP contribution in [0.5, 0.6) is 0 Å². The Morgan fingerprint density at radius 3 is 3.14 bits per heavy atom. The molecule has 112 valence electrons. The van der Waals surface area contributed by atoms with Gasteiger partial charge in [-0.15, -0.1) is 11.3 Å². The van der Waals surface area contributed by atoms with Crippen LogP contribution < -0.4 is 16.2 Å². The van der Waals surface area contributed by atoms with Gasteiger partial charge in [0.25, 0.3) is 5.56 Å². The maximum absolute atomic E-state index is 12.1. The fourth-order valence-corrected chi connectivity index (χ4v) is 3.77. The van der Waals surface area contributed by atoms with Crippen LogP contribution in [-0.4, -0.2) is 22.0 Å². The molecule has 1 aliphatic rings. The number of benzene rings is 1. The van der Waals surface area contributed by atoms with Crippen LogP contribution in [0.1, 0.15) is 11.3 Å². The molecule has 5 nitrogen and oxygen atoms in total. The average Bonchev–Trinajstić information content (AvgIpc) is 2.96. The molecular formula is C16H16N4OS. The number of nitrogens with zero attached hydrogens (tertiary/aromatic N) is 3. The summed E-state index contributed by atoms with van der Waals surface area (Å²) in [6, 6.07) is 10.0. The molecule has 3 heterocycles. The summed E-state index contributed by atoms with van der Waals surface area (Å²) >= 11 is 1.47. The van der Waals surface area contributed by atoms with Crippen LogP contribution in [0, 0.1) is 0 Å². The highest BCUT2D eigenvalue weighted by Crippen LogP contribution is 2.27. The van der Waals surface area contributed by atoms with E-state index in [9.17, 15) is 4.79 Å². The Hall–Kier alpha value is -2.18. The minimum atomic E-state index is -0.0316. The number of thiazole rings is 1. The number of fused-ring (bicyclic) bond motifs is 2. The lowest BCUT2D eigenvalue weighted by Crippen LogP contribution is -2.43. The summed E-state index contributed by atoms with van der Waals surface area (Å²) in [6.07, 6.45) is 2.65. The third-order valence-electron chi connectivity index (χ3n) is 3.98. The van der Waals surface area contributed by atoms with Gasteiger partial charge in [-0.05, 0) is 18.1 Å². The second kappa shape index (κ2) is 5.23. The van der Waals surface area contributed by atoms with Crippen molar-refractivity contribution in [1.29, 1.82) is 0 Å². The molecule has 1 atom stereocenters. The van der Waals surface area contributed by atoms with Gasteiger partial charge in [0, 0.05) is 35.9 Å². The Labute approximate surface area is 131 Å². The highest BCUT2D eigenvalue weighted by atomic mass is 32.1. The van der Waals surface area contributed by atoms with Crippen LogP contribution in [0.2, 0.25) is 0 Å². The molecule has 0 spiro atoms. The minimum Gasteiger partial charge on any atom is -0.364 e. The van der Waals surface area contributed by atoms with Crippen molar-refractivity contribution in [2.24, 2.45) is 5.73 Å². The van der Waals surface area contributed by atoms with Crippen LogP contribution in [-0.2, 0) is 13.0 Å². The minimum absolute atomic E-state index is 0.0316. The quantitative estimate of drug-likeness (QED) is 0.781. The zero-order valence-corrected chi connectivity index (χ0v) is 12.8. The first-order valence-corrected chi connectivity index (χ1v) is 8.13. The number of para-hydroxylation sites is 1. The van der Waals surface area contributed by atoms with Crippen molar-refractivity contribution in [3.05, 3.63) is 63.5 Å². The van der Waals surface area contributed by atoms with Gasteiger partial charge in [0.1, 0.15) is 0 Å². The zero-order valence-electron chi connectivity index (χ0n) is 12.0. The van der Waals surface area contributed by atoms with E-state index in [0.29, 0.717) is 6.54 Å². The van der Waals surface area contributed by atoms with Crippen molar-refractivity contribution >= 4 is 22.0 Å². The summed E-state index contributed by atoms with van der Waals surface area (Å²) in [7, 11) is 0. The van der Waals surface area contributed by atoms with E-state index >= 15 is 0 Å². The molecule has 0 fully saturated rings. The lowest BCUT2D eigenvalue weighted by atomic mass is 9.98. The van der Waals surface area contributed by atoms with Crippen LogP contribution in [0.3, 0.4) is 0 Å². The monoisotopic (exact) mass is 312 g/mol. The Morgan fingerprint density at radius 1 is 1.36 bits per heavy atom. The number of hydrogen-bond acceptors (Lipinski definition) is 5. The second-order valence-corrected chi connectivity index (χ2v) is 6.49. The van der Waals surface area contributed by atoms with Crippen LogP contribution in [0.25, 0.3) is 4.96 Å². The van der Waals surface area contributed by atoms with Gasteiger partial charge < -0.3 is 10.6 Å². The summed E-state index contributed by atoms with van der Waals surface area (Å²) in [4.78, 5) is 19.6. The molecule has 0 radical (unpaired) electrons. The van der Waals surface area contributed by atoms with Gasteiger partial charge in [0.05, 0.1) is 12.2 Å². The van der Waals surface area contributed by atoms with E-state index in [2.05, 4.69) is 22.0 Å². The maximum atomic E-state index is 12.1. The van der Waals surface area contributed by atoms with Gasteiger partial charge in [-0.2, -0.15) is 0 Å². The van der Waals surface area contributed by atoms with Gasteiger partial charge in [-0.25, -0.2) is 4.98 Å².